The molecule has 0 atom stereocenters. The fourth-order valence-corrected chi connectivity index (χ4v) is 2.74. The van der Waals surface area contributed by atoms with Crippen molar-refractivity contribution in [1.82, 2.24) is 9.88 Å². The second-order valence-corrected chi connectivity index (χ2v) is 5.16. The SMILES string of the molecule is O=C(C=C1Nc2ccccc2C2=NCCN12)c1ccncc1. The van der Waals surface area contributed by atoms with Crippen LogP contribution in [0.3, 0.4) is 0 Å². The molecule has 0 amide bonds. The maximum atomic E-state index is 12.4. The second-order valence-electron chi connectivity index (χ2n) is 5.16. The summed E-state index contributed by atoms with van der Waals surface area (Å²) in [6.45, 7) is 1.53. The molecule has 0 saturated carbocycles. The van der Waals surface area contributed by atoms with Crippen LogP contribution >= 0.6 is 0 Å². The number of hydrogen-bond donors (Lipinski definition) is 1. The summed E-state index contributed by atoms with van der Waals surface area (Å²) < 4.78 is 0. The predicted octanol–water partition coefficient (Wildman–Crippen LogP) is 2.29. The number of ketones is 1. The van der Waals surface area contributed by atoms with Gasteiger partial charge in [0.25, 0.3) is 0 Å². The van der Waals surface area contributed by atoms with Crippen molar-refractivity contribution >= 4 is 17.3 Å². The Labute approximate surface area is 128 Å². The zero-order valence-electron chi connectivity index (χ0n) is 11.9. The Hall–Kier alpha value is -2.95. The molecule has 0 bridgehead atoms. The first kappa shape index (κ1) is 12.8. The normalized spacial score (nSPS) is 17.5. The molecule has 0 fully saturated rings. The summed E-state index contributed by atoms with van der Waals surface area (Å²) in [6, 6.07) is 11.4. The molecule has 3 heterocycles. The molecular weight excluding hydrogens is 276 g/mol. The number of carbonyl (C=O) groups is 1. The number of pyridine rings is 1. The maximum absolute atomic E-state index is 12.4. The third kappa shape index (κ3) is 2.07. The van der Waals surface area contributed by atoms with Gasteiger partial charge in [-0.25, -0.2) is 0 Å². The lowest BCUT2D eigenvalue weighted by Gasteiger charge is -2.31. The smallest absolute Gasteiger partial charge is 0.189 e. The Morgan fingerprint density at radius 3 is 2.86 bits per heavy atom. The molecule has 0 spiro atoms. The third-order valence-corrected chi connectivity index (χ3v) is 3.80. The first-order valence-corrected chi connectivity index (χ1v) is 7.17. The Kier molecular flexibility index (Phi) is 2.96. The van der Waals surface area contributed by atoms with Crippen LogP contribution < -0.4 is 5.32 Å². The van der Waals surface area contributed by atoms with Crippen LogP contribution in [0.4, 0.5) is 5.69 Å². The lowest BCUT2D eigenvalue weighted by atomic mass is 10.1. The number of amidine groups is 1. The number of fused-ring (bicyclic) bond motifs is 3. The highest BCUT2D eigenvalue weighted by molar-refractivity contribution is 6.10. The monoisotopic (exact) mass is 290 g/mol. The van der Waals surface area contributed by atoms with E-state index in [2.05, 4.69) is 20.2 Å². The summed E-state index contributed by atoms with van der Waals surface area (Å²) in [7, 11) is 0. The molecule has 1 aromatic heterocycles. The van der Waals surface area contributed by atoms with Crippen molar-refractivity contribution in [3.05, 3.63) is 71.8 Å². The minimum absolute atomic E-state index is 0.0458. The van der Waals surface area contributed by atoms with Crippen LogP contribution in [0, 0.1) is 0 Å². The first-order valence-electron chi connectivity index (χ1n) is 7.17. The van der Waals surface area contributed by atoms with E-state index in [0.717, 1.165) is 36.0 Å². The van der Waals surface area contributed by atoms with Gasteiger partial charge in [-0.3, -0.25) is 14.8 Å². The molecule has 0 radical (unpaired) electrons. The summed E-state index contributed by atoms with van der Waals surface area (Å²) >= 11 is 0. The van der Waals surface area contributed by atoms with Gasteiger partial charge < -0.3 is 10.2 Å². The molecular formula is C17H14N4O. The minimum atomic E-state index is -0.0458. The third-order valence-electron chi connectivity index (χ3n) is 3.80. The number of nitrogens with one attached hydrogen (secondary N) is 1. The lowest BCUT2D eigenvalue weighted by Crippen LogP contribution is -2.36. The Morgan fingerprint density at radius 1 is 1.18 bits per heavy atom. The first-order chi connectivity index (χ1) is 10.8. The van der Waals surface area contributed by atoms with Crippen molar-refractivity contribution in [3.8, 4) is 0 Å². The van der Waals surface area contributed by atoms with Gasteiger partial charge >= 0.3 is 0 Å². The number of para-hydroxylation sites is 1. The van der Waals surface area contributed by atoms with E-state index in [4.69, 9.17) is 0 Å². The van der Waals surface area contributed by atoms with Gasteiger partial charge in [-0.1, -0.05) is 12.1 Å². The number of carbonyl (C=O) groups excluding carboxylic acids is 1. The zero-order valence-corrected chi connectivity index (χ0v) is 11.9. The van der Waals surface area contributed by atoms with Crippen LogP contribution in [0.15, 0.2) is 65.7 Å². The van der Waals surface area contributed by atoms with E-state index >= 15 is 0 Å². The molecule has 5 nitrogen and oxygen atoms in total. The average Bonchev–Trinajstić information content (AvgIpc) is 3.06. The Balaban J connectivity index is 1.73. The fourth-order valence-electron chi connectivity index (χ4n) is 2.74. The van der Waals surface area contributed by atoms with Crippen LogP contribution in [0.25, 0.3) is 0 Å². The van der Waals surface area contributed by atoms with E-state index in [1.807, 2.05) is 24.3 Å². The van der Waals surface area contributed by atoms with Gasteiger partial charge in [0.15, 0.2) is 5.78 Å². The van der Waals surface area contributed by atoms with Crippen molar-refractivity contribution in [3.63, 3.8) is 0 Å². The molecule has 0 aliphatic carbocycles. The largest absolute Gasteiger partial charge is 0.341 e. The quantitative estimate of drug-likeness (QED) is 0.681. The van der Waals surface area contributed by atoms with E-state index < -0.39 is 0 Å². The molecule has 22 heavy (non-hydrogen) atoms. The highest BCUT2D eigenvalue weighted by atomic mass is 16.1. The second kappa shape index (κ2) is 5.11. The van der Waals surface area contributed by atoms with Crippen LogP contribution in [-0.2, 0) is 0 Å². The van der Waals surface area contributed by atoms with Gasteiger partial charge in [-0.15, -0.1) is 0 Å². The van der Waals surface area contributed by atoms with Crippen molar-refractivity contribution in [2.75, 3.05) is 18.4 Å². The summed E-state index contributed by atoms with van der Waals surface area (Å²) in [6.07, 6.45) is 4.88. The van der Waals surface area contributed by atoms with Crippen molar-refractivity contribution in [1.29, 1.82) is 0 Å². The van der Waals surface area contributed by atoms with Crippen LogP contribution in [-0.4, -0.2) is 34.6 Å². The molecule has 108 valence electrons. The number of nitrogens with zero attached hydrogens (tertiary/aromatic N) is 3. The molecule has 5 heteroatoms. The van der Waals surface area contributed by atoms with E-state index in [9.17, 15) is 4.79 Å². The number of aliphatic imine (C=N–C) groups is 1. The van der Waals surface area contributed by atoms with Gasteiger partial charge in [-0.2, -0.15) is 0 Å². The maximum Gasteiger partial charge on any atom is 0.189 e. The summed E-state index contributed by atoms with van der Waals surface area (Å²) in [5.74, 6) is 1.66. The standard InChI is InChI=1S/C17H14N4O/c22-15(12-5-7-18-8-6-12)11-16-20-14-4-2-1-3-13(14)17-19-9-10-21(16)17/h1-8,11,20H,9-10H2. The molecule has 2 aliphatic heterocycles. The van der Waals surface area contributed by atoms with Gasteiger partial charge in [0.1, 0.15) is 11.7 Å². The predicted molar refractivity (Wildman–Crippen MR) is 84.8 cm³/mol. The highest BCUT2D eigenvalue weighted by Gasteiger charge is 2.29. The number of benzene rings is 1. The molecule has 1 aromatic carbocycles. The number of hydrogen-bond acceptors (Lipinski definition) is 5. The molecule has 2 aliphatic rings. The van der Waals surface area contributed by atoms with E-state index in [-0.39, 0.29) is 5.78 Å². The minimum Gasteiger partial charge on any atom is -0.341 e. The van der Waals surface area contributed by atoms with Crippen LogP contribution in [0.1, 0.15) is 15.9 Å². The van der Waals surface area contributed by atoms with Gasteiger partial charge in [0.2, 0.25) is 0 Å². The zero-order chi connectivity index (χ0) is 14.9. The van der Waals surface area contributed by atoms with Gasteiger partial charge in [-0.05, 0) is 24.3 Å². The average molecular weight is 290 g/mol. The van der Waals surface area contributed by atoms with E-state index in [0.29, 0.717) is 5.56 Å². The summed E-state index contributed by atoms with van der Waals surface area (Å²) in [5.41, 5.74) is 2.68. The fraction of sp³-hybridized carbons (Fsp3) is 0.118. The Bertz CT molecular complexity index is 795. The lowest BCUT2D eigenvalue weighted by molar-refractivity contribution is 0.104. The number of allylic oxidation sites excluding steroid dienone is 1. The number of rotatable bonds is 2. The Morgan fingerprint density at radius 2 is 2.00 bits per heavy atom. The topological polar surface area (TPSA) is 57.6 Å². The van der Waals surface area contributed by atoms with Gasteiger partial charge in [0, 0.05) is 36.1 Å². The van der Waals surface area contributed by atoms with E-state index in [1.54, 1.807) is 30.6 Å². The molecule has 2 aromatic rings. The molecule has 1 N–H and O–H groups in total. The highest BCUT2D eigenvalue weighted by Crippen LogP contribution is 2.29. The van der Waals surface area contributed by atoms with Crippen molar-refractivity contribution in [2.24, 2.45) is 4.99 Å². The molecule has 4 rings (SSSR count). The van der Waals surface area contributed by atoms with Crippen LogP contribution in [0.5, 0.6) is 0 Å². The van der Waals surface area contributed by atoms with Gasteiger partial charge in [0.05, 0.1) is 12.2 Å². The summed E-state index contributed by atoms with van der Waals surface area (Å²) in [5, 5.41) is 3.34. The van der Waals surface area contributed by atoms with E-state index in [1.165, 1.54) is 0 Å². The number of anilines is 1. The van der Waals surface area contributed by atoms with Crippen molar-refractivity contribution in [2.45, 2.75) is 0 Å². The van der Waals surface area contributed by atoms with Crippen LogP contribution in [0.2, 0.25) is 0 Å². The number of aromatic nitrogens is 1. The van der Waals surface area contributed by atoms with Crippen molar-refractivity contribution < 1.29 is 4.79 Å². The summed E-state index contributed by atoms with van der Waals surface area (Å²) in [4.78, 5) is 23.0. The molecule has 0 unspecified atom stereocenters. The molecule has 0 saturated heterocycles.